The van der Waals surface area contributed by atoms with Crippen LogP contribution in [-0.2, 0) is 4.74 Å². The summed E-state index contributed by atoms with van der Waals surface area (Å²) < 4.78 is 19.0. The molecule has 2 unspecified atom stereocenters. The average molecular weight is 448 g/mol. The van der Waals surface area contributed by atoms with Crippen molar-refractivity contribution in [2.75, 3.05) is 39.4 Å². The highest BCUT2D eigenvalue weighted by molar-refractivity contribution is 14.0. The Balaban J connectivity index is 0.00000208. The normalized spacial score (nSPS) is 24.3. The molecular weight excluding hydrogens is 422 g/mol. The largest absolute Gasteiger partial charge is 0.379 e. The number of nitrogens with zero attached hydrogens (tertiary/aromatic N) is 2. The predicted octanol–water partition coefficient (Wildman–Crippen LogP) is 1.93. The fourth-order valence-electron chi connectivity index (χ4n) is 3.03. The van der Waals surface area contributed by atoms with Gasteiger partial charge in [0.2, 0.25) is 0 Å². The topological polar surface area (TPSA) is 62.9 Å². The third-order valence-electron chi connectivity index (χ3n) is 4.45. The molecule has 3 N–H and O–H groups in total. The van der Waals surface area contributed by atoms with Crippen molar-refractivity contribution in [3.8, 4) is 0 Å². The van der Waals surface area contributed by atoms with Crippen LogP contribution in [0.1, 0.15) is 24.3 Å². The molecule has 1 saturated carbocycles. The van der Waals surface area contributed by atoms with Crippen molar-refractivity contribution < 1.29 is 9.13 Å². The van der Waals surface area contributed by atoms with Crippen LogP contribution in [0.15, 0.2) is 29.3 Å². The number of halogens is 2. The van der Waals surface area contributed by atoms with Crippen molar-refractivity contribution in [2.24, 2.45) is 10.7 Å². The van der Waals surface area contributed by atoms with E-state index in [1.54, 1.807) is 6.07 Å². The number of guanidine groups is 1. The fourth-order valence-corrected chi connectivity index (χ4v) is 3.03. The van der Waals surface area contributed by atoms with Gasteiger partial charge in [-0.2, -0.15) is 0 Å². The molecule has 0 bridgehead atoms. The van der Waals surface area contributed by atoms with Gasteiger partial charge in [-0.15, -0.1) is 24.0 Å². The second-order valence-electron chi connectivity index (χ2n) is 6.19. The monoisotopic (exact) mass is 448 g/mol. The van der Waals surface area contributed by atoms with E-state index in [2.05, 4.69) is 15.2 Å². The zero-order chi connectivity index (χ0) is 16.1. The van der Waals surface area contributed by atoms with Crippen LogP contribution in [0, 0.1) is 5.82 Å². The molecule has 24 heavy (non-hydrogen) atoms. The minimum absolute atomic E-state index is 0. The van der Waals surface area contributed by atoms with E-state index < -0.39 is 0 Å². The first-order chi connectivity index (χ1) is 11.2. The van der Waals surface area contributed by atoms with Crippen LogP contribution in [-0.4, -0.2) is 56.3 Å². The zero-order valence-corrected chi connectivity index (χ0v) is 16.1. The summed E-state index contributed by atoms with van der Waals surface area (Å²) in [6.45, 7) is 5.40. The van der Waals surface area contributed by atoms with Gasteiger partial charge in [-0.25, -0.2) is 4.39 Å². The third kappa shape index (κ3) is 5.56. The van der Waals surface area contributed by atoms with E-state index in [9.17, 15) is 4.39 Å². The second kappa shape index (κ2) is 9.53. The highest BCUT2D eigenvalue weighted by Gasteiger charge is 2.40. The molecule has 0 radical (unpaired) electrons. The Labute approximate surface area is 159 Å². The van der Waals surface area contributed by atoms with Gasteiger partial charge >= 0.3 is 0 Å². The second-order valence-corrected chi connectivity index (χ2v) is 6.19. The molecule has 1 aliphatic heterocycles. The maximum atomic E-state index is 13.7. The number of rotatable bonds is 6. The number of hydrogen-bond acceptors (Lipinski definition) is 3. The van der Waals surface area contributed by atoms with Gasteiger partial charge in [0.05, 0.1) is 13.2 Å². The van der Waals surface area contributed by atoms with Crippen molar-refractivity contribution in [2.45, 2.75) is 24.8 Å². The lowest BCUT2D eigenvalue weighted by molar-refractivity contribution is 0.0377. The number of benzene rings is 1. The van der Waals surface area contributed by atoms with Gasteiger partial charge < -0.3 is 15.8 Å². The first-order valence-corrected chi connectivity index (χ1v) is 8.35. The van der Waals surface area contributed by atoms with Crippen molar-refractivity contribution in [1.29, 1.82) is 0 Å². The van der Waals surface area contributed by atoms with Crippen LogP contribution in [0.2, 0.25) is 0 Å². The Bertz CT molecular complexity index is 551. The van der Waals surface area contributed by atoms with Crippen LogP contribution in [0.5, 0.6) is 0 Å². The van der Waals surface area contributed by atoms with Gasteiger partial charge in [0, 0.05) is 38.1 Å². The molecule has 1 heterocycles. The molecule has 7 heteroatoms. The van der Waals surface area contributed by atoms with Crippen LogP contribution in [0.3, 0.4) is 0 Å². The quantitative estimate of drug-likeness (QED) is 0.302. The number of nitrogens with two attached hydrogens (primary N) is 1. The van der Waals surface area contributed by atoms with E-state index in [0.717, 1.165) is 51.3 Å². The Hall–Kier alpha value is -0.930. The summed E-state index contributed by atoms with van der Waals surface area (Å²) >= 11 is 0. The summed E-state index contributed by atoms with van der Waals surface area (Å²) in [5, 5.41) is 3.20. The van der Waals surface area contributed by atoms with E-state index in [0.29, 0.717) is 12.5 Å². The molecule has 2 aliphatic rings. The van der Waals surface area contributed by atoms with Crippen LogP contribution < -0.4 is 11.1 Å². The molecule has 2 atom stereocenters. The minimum atomic E-state index is -0.136. The molecule has 0 spiro atoms. The maximum absolute atomic E-state index is 13.7. The van der Waals surface area contributed by atoms with Crippen LogP contribution >= 0.6 is 24.0 Å². The third-order valence-corrected chi connectivity index (χ3v) is 4.45. The van der Waals surface area contributed by atoms with E-state index in [1.807, 2.05) is 12.1 Å². The molecule has 2 fully saturated rings. The Morgan fingerprint density at radius 2 is 2.08 bits per heavy atom. The van der Waals surface area contributed by atoms with Crippen LogP contribution in [0.4, 0.5) is 4.39 Å². The molecule has 3 rings (SSSR count). The molecule has 1 aromatic carbocycles. The minimum Gasteiger partial charge on any atom is -0.379 e. The Morgan fingerprint density at radius 3 is 2.83 bits per heavy atom. The summed E-state index contributed by atoms with van der Waals surface area (Å²) in [6.07, 6.45) is 1.90. The molecule has 0 aromatic heterocycles. The standard InChI is InChI=1S/C17H25FN4O.HI/c18-15-5-2-1-4-13(15)14-12-16(14)21-17(19)20-6-3-7-22-8-10-23-11-9-22;/h1-2,4-5,14,16H,3,6-12H2,(H3,19,20,21);1H. The summed E-state index contributed by atoms with van der Waals surface area (Å²) in [6, 6.07) is 7.14. The lowest BCUT2D eigenvalue weighted by atomic mass is 10.1. The fraction of sp³-hybridized carbons (Fsp3) is 0.588. The van der Waals surface area contributed by atoms with Gasteiger partial charge in [0.1, 0.15) is 5.82 Å². The first kappa shape index (κ1) is 19.4. The van der Waals surface area contributed by atoms with Crippen molar-refractivity contribution in [1.82, 2.24) is 10.2 Å². The summed E-state index contributed by atoms with van der Waals surface area (Å²) in [5.41, 5.74) is 6.69. The molecule has 0 amide bonds. The van der Waals surface area contributed by atoms with E-state index in [1.165, 1.54) is 6.07 Å². The van der Waals surface area contributed by atoms with Gasteiger partial charge in [-0.3, -0.25) is 9.89 Å². The van der Waals surface area contributed by atoms with E-state index >= 15 is 0 Å². The smallest absolute Gasteiger partial charge is 0.188 e. The van der Waals surface area contributed by atoms with Gasteiger partial charge in [0.25, 0.3) is 0 Å². The molecule has 1 aromatic rings. The van der Waals surface area contributed by atoms with Crippen molar-refractivity contribution in [3.63, 3.8) is 0 Å². The molecule has 1 saturated heterocycles. The number of morpholine rings is 1. The molecule has 1 aliphatic carbocycles. The molecule has 5 nitrogen and oxygen atoms in total. The molecular formula is C17H26FIN4O. The number of ether oxygens (including phenoxy) is 1. The van der Waals surface area contributed by atoms with E-state index in [-0.39, 0.29) is 41.8 Å². The number of hydrogen-bond donors (Lipinski definition) is 2. The molecule has 134 valence electrons. The predicted molar refractivity (Wildman–Crippen MR) is 104 cm³/mol. The Kier molecular flexibility index (Phi) is 7.70. The average Bonchev–Trinajstić information content (AvgIpc) is 3.32. The number of aliphatic imine (C=N–C) groups is 1. The SMILES string of the molecule is I.NC(=NCCCN1CCOCC1)NC1CC1c1ccccc1F. The van der Waals surface area contributed by atoms with Gasteiger partial charge in [-0.1, -0.05) is 18.2 Å². The highest BCUT2D eigenvalue weighted by atomic mass is 127. The van der Waals surface area contributed by atoms with E-state index in [4.69, 9.17) is 10.5 Å². The summed E-state index contributed by atoms with van der Waals surface area (Å²) in [5.74, 6) is 0.539. The van der Waals surface area contributed by atoms with Crippen LogP contribution in [0.25, 0.3) is 0 Å². The highest BCUT2D eigenvalue weighted by Crippen LogP contribution is 2.41. The summed E-state index contributed by atoms with van der Waals surface area (Å²) in [4.78, 5) is 6.76. The van der Waals surface area contributed by atoms with Gasteiger partial charge in [-0.05, 0) is 24.5 Å². The summed E-state index contributed by atoms with van der Waals surface area (Å²) in [7, 11) is 0. The van der Waals surface area contributed by atoms with Crippen molar-refractivity contribution in [3.05, 3.63) is 35.6 Å². The maximum Gasteiger partial charge on any atom is 0.188 e. The number of nitrogens with one attached hydrogen (secondary N) is 1. The lowest BCUT2D eigenvalue weighted by Gasteiger charge is -2.26. The Morgan fingerprint density at radius 1 is 1.33 bits per heavy atom. The van der Waals surface area contributed by atoms with Gasteiger partial charge in [0.15, 0.2) is 5.96 Å². The lowest BCUT2D eigenvalue weighted by Crippen LogP contribution is -2.37. The first-order valence-electron chi connectivity index (χ1n) is 8.35. The zero-order valence-electron chi connectivity index (χ0n) is 13.8. The van der Waals surface area contributed by atoms with Crippen molar-refractivity contribution >= 4 is 29.9 Å².